The van der Waals surface area contributed by atoms with Crippen molar-refractivity contribution in [3.05, 3.63) is 35.7 Å². The highest BCUT2D eigenvalue weighted by molar-refractivity contribution is 7.99. The van der Waals surface area contributed by atoms with Gasteiger partial charge in [-0.25, -0.2) is 0 Å². The zero-order chi connectivity index (χ0) is 18.1. The number of ether oxygens (including phenoxy) is 1. The Labute approximate surface area is 155 Å². The van der Waals surface area contributed by atoms with Crippen LogP contribution in [0.4, 0.5) is 0 Å². The molecule has 0 atom stereocenters. The molecule has 0 saturated heterocycles. The zero-order valence-electron chi connectivity index (χ0n) is 14.5. The lowest BCUT2D eigenvalue weighted by Gasteiger charge is -2.08. The SMILES string of the molecule is COc1ccc(C(=O)NC(=O)CSc2nnc(C3CC3)n2C2CC2)cc1. The first-order valence-electron chi connectivity index (χ1n) is 8.71. The average Bonchev–Trinajstić information content (AvgIpc) is 3.58. The highest BCUT2D eigenvalue weighted by Gasteiger charge is 2.36. The zero-order valence-corrected chi connectivity index (χ0v) is 15.3. The van der Waals surface area contributed by atoms with Gasteiger partial charge in [0.15, 0.2) is 5.16 Å². The highest BCUT2D eigenvalue weighted by Crippen LogP contribution is 2.45. The van der Waals surface area contributed by atoms with E-state index in [-0.39, 0.29) is 11.7 Å². The fourth-order valence-electron chi connectivity index (χ4n) is 2.79. The molecule has 2 amide bonds. The van der Waals surface area contributed by atoms with E-state index in [1.807, 2.05) is 0 Å². The second kappa shape index (κ2) is 7.11. The van der Waals surface area contributed by atoms with E-state index in [0.717, 1.165) is 23.8 Å². The van der Waals surface area contributed by atoms with E-state index in [9.17, 15) is 9.59 Å². The Hall–Kier alpha value is -2.35. The van der Waals surface area contributed by atoms with Crippen molar-refractivity contribution in [3.8, 4) is 5.75 Å². The Morgan fingerprint density at radius 1 is 1.19 bits per heavy atom. The van der Waals surface area contributed by atoms with Crippen molar-refractivity contribution in [2.75, 3.05) is 12.9 Å². The van der Waals surface area contributed by atoms with E-state index in [4.69, 9.17) is 4.74 Å². The van der Waals surface area contributed by atoms with Gasteiger partial charge in [0.1, 0.15) is 11.6 Å². The Bertz CT molecular complexity index is 825. The van der Waals surface area contributed by atoms with Crippen LogP contribution in [0.3, 0.4) is 0 Å². The Kier molecular flexibility index (Phi) is 4.67. The van der Waals surface area contributed by atoms with E-state index in [2.05, 4.69) is 20.1 Å². The molecule has 1 aromatic carbocycles. The third-order valence-electron chi connectivity index (χ3n) is 4.48. The number of methoxy groups -OCH3 is 1. The summed E-state index contributed by atoms with van der Waals surface area (Å²) in [6.07, 6.45) is 4.64. The van der Waals surface area contributed by atoms with Gasteiger partial charge >= 0.3 is 0 Å². The molecule has 2 aliphatic rings. The molecule has 26 heavy (non-hydrogen) atoms. The van der Waals surface area contributed by atoms with Crippen LogP contribution in [-0.4, -0.2) is 39.4 Å². The third-order valence-corrected chi connectivity index (χ3v) is 5.43. The first-order chi connectivity index (χ1) is 12.7. The van der Waals surface area contributed by atoms with Crippen LogP contribution < -0.4 is 10.1 Å². The molecule has 0 aliphatic heterocycles. The second-order valence-electron chi connectivity index (χ2n) is 6.61. The number of rotatable bonds is 7. The topological polar surface area (TPSA) is 86.1 Å². The molecule has 2 fully saturated rings. The number of nitrogens with one attached hydrogen (secondary N) is 1. The molecule has 4 rings (SSSR count). The number of nitrogens with zero attached hydrogens (tertiary/aromatic N) is 3. The minimum absolute atomic E-state index is 0.136. The van der Waals surface area contributed by atoms with Crippen LogP contribution in [0, 0.1) is 0 Å². The van der Waals surface area contributed by atoms with Gasteiger partial charge in [-0.3, -0.25) is 14.9 Å². The van der Waals surface area contributed by atoms with Crippen molar-refractivity contribution in [1.82, 2.24) is 20.1 Å². The van der Waals surface area contributed by atoms with Gasteiger partial charge in [0, 0.05) is 17.5 Å². The molecule has 7 nitrogen and oxygen atoms in total. The van der Waals surface area contributed by atoms with E-state index in [1.54, 1.807) is 31.4 Å². The smallest absolute Gasteiger partial charge is 0.257 e. The molecule has 0 radical (unpaired) electrons. The summed E-state index contributed by atoms with van der Waals surface area (Å²) in [5.74, 6) is 1.63. The van der Waals surface area contributed by atoms with Crippen molar-refractivity contribution in [2.45, 2.75) is 42.8 Å². The van der Waals surface area contributed by atoms with Gasteiger partial charge in [-0.2, -0.15) is 0 Å². The molecule has 0 unspecified atom stereocenters. The molecular weight excluding hydrogens is 352 g/mol. The summed E-state index contributed by atoms with van der Waals surface area (Å²) in [4.78, 5) is 24.3. The molecule has 2 saturated carbocycles. The number of aromatic nitrogens is 3. The normalized spacial score (nSPS) is 16.3. The van der Waals surface area contributed by atoms with Gasteiger partial charge in [0.2, 0.25) is 5.91 Å². The van der Waals surface area contributed by atoms with Crippen molar-refractivity contribution < 1.29 is 14.3 Å². The summed E-state index contributed by atoms with van der Waals surface area (Å²) in [5.41, 5.74) is 0.418. The molecule has 8 heteroatoms. The Balaban J connectivity index is 1.34. The van der Waals surface area contributed by atoms with Crippen molar-refractivity contribution in [2.24, 2.45) is 0 Å². The van der Waals surface area contributed by atoms with Crippen LogP contribution in [0.25, 0.3) is 0 Å². The number of hydrogen-bond acceptors (Lipinski definition) is 6. The van der Waals surface area contributed by atoms with E-state index in [0.29, 0.717) is 23.3 Å². The second-order valence-corrected chi connectivity index (χ2v) is 7.55. The predicted molar refractivity (Wildman–Crippen MR) is 96.5 cm³/mol. The average molecular weight is 372 g/mol. The summed E-state index contributed by atoms with van der Waals surface area (Å²) in [6.45, 7) is 0. The van der Waals surface area contributed by atoms with Crippen molar-refractivity contribution in [1.29, 1.82) is 0 Å². The lowest BCUT2D eigenvalue weighted by Crippen LogP contribution is -2.31. The summed E-state index contributed by atoms with van der Waals surface area (Å²) < 4.78 is 7.25. The molecule has 2 aromatic rings. The molecule has 1 heterocycles. The molecule has 0 spiro atoms. The summed E-state index contributed by atoms with van der Waals surface area (Å²) >= 11 is 1.34. The molecule has 136 valence electrons. The maximum absolute atomic E-state index is 12.1. The van der Waals surface area contributed by atoms with Crippen LogP contribution in [-0.2, 0) is 4.79 Å². The largest absolute Gasteiger partial charge is 0.497 e. The molecular formula is C18H20N4O3S. The Morgan fingerprint density at radius 2 is 1.92 bits per heavy atom. The third kappa shape index (κ3) is 3.75. The fraction of sp³-hybridized carbons (Fsp3) is 0.444. The molecule has 2 aliphatic carbocycles. The quantitative estimate of drug-likeness (QED) is 0.752. The minimum Gasteiger partial charge on any atom is -0.497 e. The number of carbonyl (C=O) groups is 2. The van der Waals surface area contributed by atoms with Gasteiger partial charge < -0.3 is 9.30 Å². The summed E-state index contributed by atoms with van der Waals surface area (Å²) in [6, 6.07) is 7.10. The van der Waals surface area contributed by atoms with Crippen LogP contribution in [0.5, 0.6) is 5.75 Å². The number of benzene rings is 1. The van der Waals surface area contributed by atoms with E-state index >= 15 is 0 Å². The standard InChI is InChI=1S/C18H20N4O3S/c1-25-14-8-4-12(5-9-14)17(24)19-15(23)10-26-18-21-20-16(11-2-3-11)22(18)13-6-7-13/h4-5,8-9,11,13H,2-3,6-7,10H2,1H3,(H,19,23,24). The first-order valence-corrected chi connectivity index (χ1v) is 9.70. The number of thioether (sulfide) groups is 1. The first kappa shape index (κ1) is 17.1. The van der Waals surface area contributed by atoms with Gasteiger partial charge in [-0.05, 0) is 49.9 Å². The van der Waals surface area contributed by atoms with Gasteiger partial charge in [0.05, 0.1) is 12.9 Å². The van der Waals surface area contributed by atoms with Crippen molar-refractivity contribution >= 4 is 23.6 Å². The van der Waals surface area contributed by atoms with Gasteiger partial charge in [0.25, 0.3) is 5.91 Å². The maximum Gasteiger partial charge on any atom is 0.257 e. The van der Waals surface area contributed by atoms with Gasteiger partial charge in [-0.15, -0.1) is 10.2 Å². The maximum atomic E-state index is 12.1. The number of amides is 2. The Morgan fingerprint density at radius 3 is 2.54 bits per heavy atom. The lowest BCUT2D eigenvalue weighted by molar-refractivity contribution is -0.117. The van der Waals surface area contributed by atoms with Gasteiger partial charge in [-0.1, -0.05) is 11.8 Å². The van der Waals surface area contributed by atoms with Crippen LogP contribution in [0.2, 0.25) is 0 Å². The number of carbonyl (C=O) groups excluding carboxylic acids is 2. The fourth-order valence-corrected chi connectivity index (χ4v) is 3.60. The van der Waals surface area contributed by atoms with Crippen LogP contribution >= 0.6 is 11.8 Å². The number of hydrogen-bond donors (Lipinski definition) is 1. The molecule has 0 bridgehead atoms. The minimum atomic E-state index is -0.416. The monoisotopic (exact) mass is 372 g/mol. The van der Waals surface area contributed by atoms with Crippen molar-refractivity contribution in [3.63, 3.8) is 0 Å². The van der Waals surface area contributed by atoms with E-state index in [1.165, 1.54) is 24.6 Å². The highest BCUT2D eigenvalue weighted by atomic mass is 32.2. The molecule has 1 N–H and O–H groups in total. The summed E-state index contributed by atoms with van der Waals surface area (Å²) in [7, 11) is 1.56. The lowest BCUT2D eigenvalue weighted by atomic mass is 10.2. The van der Waals surface area contributed by atoms with Crippen LogP contribution in [0.1, 0.15) is 53.8 Å². The number of imide groups is 1. The predicted octanol–water partition coefficient (Wildman–Crippen LogP) is 2.55. The summed E-state index contributed by atoms with van der Waals surface area (Å²) in [5, 5.41) is 11.8. The van der Waals surface area contributed by atoms with E-state index < -0.39 is 5.91 Å². The van der Waals surface area contributed by atoms with Crippen LogP contribution in [0.15, 0.2) is 29.4 Å². The molecule has 1 aromatic heterocycles.